The highest BCUT2D eigenvalue weighted by Crippen LogP contribution is 2.12. The average Bonchev–Trinajstić information content (AvgIpc) is 2.52. The number of anilines is 1. The van der Waals surface area contributed by atoms with Crippen molar-refractivity contribution >= 4 is 23.5 Å². The van der Waals surface area contributed by atoms with Crippen molar-refractivity contribution in [2.75, 3.05) is 5.32 Å². The third-order valence-corrected chi connectivity index (χ3v) is 2.85. The maximum Gasteiger partial charge on any atom is 0.413 e. The van der Waals surface area contributed by atoms with Crippen LogP contribution in [0.3, 0.4) is 0 Å². The number of rotatable bonds is 4. The van der Waals surface area contributed by atoms with E-state index in [-0.39, 0.29) is 17.1 Å². The average molecular weight is 326 g/mol. The molecule has 124 valence electrons. The van der Waals surface area contributed by atoms with E-state index in [1.165, 1.54) is 18.2 Å². The van der Waals surface area contributed by atoms with Crippen molar-refractivity contribution in [2.24, 2.45) is 0 Å². The van der Waals surface area contributed by atoms with Gasteiger partial charge in [-0.3, -0.25) is 14.9 Å². The van der Waals surface area contributed by atoms with Gasteiger partial charge in [-0.1, -0.05) is 36.4 Å². The van der Waals surface area contributed by atoms with Gasteiger partial charge in [-0.25, -0.2) is 9.78 Å². The molecule has 1 aromatic heterocycles. The largest absolute Gasteiger partial charge is 0.444 e. The number of ether oxygens (including phenoxy) is 1. The lowest BCUT2D eigenvalue weighted by Gasteiger charge is -2.19. The molecule has 1 aromatic carbocycles. The summed E-state index contributed by atoms with van der Waals surface area (Å²) in [6, 6.07) is 12.7. The molecule has 0 saturated heterocycles. The second kappa shape index (κ2) is 7.04. The second-order valence-corrected chi connectivity index (χ2v) is 6.06. The highest BCUT2D eigenvalue weighted by Gasteiger charge is 2.21. The number of amides is 1. The lowest BCUT2D eigenvalue weighted by atomic mass is 10.1. The molecule has 0 saturated carbocycles. The van der Waals surface area contributed by atoms with Gasteiger partial charge in [0.1, 0.15) is 17.1 Å². The Balaban J connectivity index is 2.14. The van der Waals surface area contributed by atoms with Gasteiger partial charge in [0.2, 0.25) is 5.78 Å². The van der Waals surface area contributed by atoms with E-state index in [1.807, 2.05) is 0 Å². The molecule has 0 unspecified atom stereocenters. The number of ketones is 2. The smallest absolute Gasteiger partial charge is 0.413 e. The number of carbonyl (C=O) groups excluding carboxylic acids is 3. The van der Waals surface area contributed by atoms with E-state index in [9.17, 15) is 14.4 Å². The molecular formula is C18H18N2O4. The Labute approximate surface area is 139 Å². The summed E-state index contributed by atoms with van der Waals surface area (Å²) in [5, 5.41) is 2.44. The number of nitrogens with one attached hydrogen (secondary N) is 1. The zero-order valence-electron chi connectivity index (χ0n) is 13.7. The summed E-state index contributed by atoms with van der Waals surface area (Å²) in [4.78, 5) is 40.2. The topological polar surface area (TPSA) is 85.4 Å². The number of hydrogen-bond donors (Lipinski definition) is 1. The lowest BCUT2D eigenvalue weighted by Crippen LogP contribution is -2.27. The fourth-order valence-corrected chi connectivity index (χ4v) is 1.88. The molecule has 0 aliphatic carbocycles. The molecule has 1 N–H and O–H groups in total. The van der Waals surface area contributed by atoms with Gasteiger partial charge >= 0.3 is 6.09 Å². The van der Waals surface area contributed by atoms with E-state index in [2.05, 4.69) is 10.3 Å². The predicted molar refractivity (Wildman–Crippen MR) is 89.2 cm³/mol. The minimum absolute atomic E-state index is 0.0441. The SMILES string of the molecule is CC(C)(C)OC(=O)Nc1cccc(C(=O)C(=O)c2ccccc2)n1. The number of pyridine rings is 1. The van der Waals surface area contributed by atoms with Crippen molar-refractivity contribution < 1.29 is 19.1 Å². The Kier molecular flexibility index (Phi) is 5.08. The zero-order valence-corrected chi connectivity index (χ0v) is 13.7. The summed E-state index contributed by atoms with van der Waals surface area (Å²) in [5.41, 5.74) is -0.409. The van der Waals surface area contributed by atoms with Gasteiger partial charge in [-0.05, 0) is 32.9 Å². The summed E-state index contributed by atoms with van der Waals surface area (Å²) in [6.07, 6.45) is -0.686. The first-order chi connectivity index (χ1) is 11.3. The number of nitrogens with zero attached hydrogens (tertiary/aromatic N) is 1. The summed E-state index contributed by atoms with van der Waals surface area (Å²) >= 11 is 0. The lowest BCUT2D eigenvalue weighted by molar-refractivity contribution is 0.0635. The van der Waals surface area contributed by atoms with Crippen LogP contribution in [0.15, 0.2) is 48.5 Å². The van der Waals surface area contributed by atoms with Crippen LogP contribution in [0.25, 0.3) is 0 Å². The standard InChI is InChI=1S/C18H18N2O4/c1-18(2,3)24-17(23)20-14-11-7-10-13(19-14)16(22)15(21)12-8-5-4-6-9-12/h4-11H,1-3H3,(H,19,20,23). The van der Waals surface area contributed by atoms with Crippen LogP contribution in [0, 0.1) is 0 Å². The molecule has 6 nitrogen and oxygen atoms in total. The molecule has 0 fully saturated rings. The van der Waals surface area contributed by atoms with Crippen molar-refractivity contribution in [3.05, 3.63) is 59.8 Å². The minimum Gasteiger partial charge on any atom is -0.444 e. The number of Topliss-reactive ketones (excluding diaryl/α,β-unsaturated/α-hetero) is 2. The Hall–Kier alpha value is -3.02. The van der Waals surface area contributed by atoms with Crippen LogP contribution in [0.5, 0.6) is 0 Å². The molecule has 0 aliphatic heterocycles. The third-order valence-electron chi connectivity index (χ3n) is 2.85. The van der Waals surface area contributed by atoms with E-state index >= 15 is 0 Å². The molecule has 0 radical (unpaired) electrons. The van der Waals surface area contributed by atoms with Crippen molar-refractivity contribution in [3.63, 3.8) is 0 Å². The number of benzene rings is 1. The summed E-state index contributed by atoms with van der Waals surface area (Å²) in [5.74, 6) is -1.26. The van der Waals surface area contributed by atoms with Crippen LogP contribution in [0.1, 0.15) is 41.6 Å². The molecule has 0 bridgehead atoms. The van der Waals surface area contributed by atoms with E-state index < -0.39 is 23.3 Å². The maximum absolute atomic E-state index is 12.3. The molecule has 0 atom stereocenters. The zero-order chi connectivity index (χ0) is 17.7. The molecule has 1 amide bonds. The van der Waals surface area contributed by atoms with Crippen LogP contribution in [0.2, 0.25) is 0 Å². The van der Waals surface area contributed by atoms with Crippen LogP contribution in [-0.4, -0.2) is 28.2 Å². The molecule has 0 aliphatic rings. The van der Waals surface area contributed by atoms with Gasteiger partial charge in [-0.15, -0.1) is 0 Å². The molecule has 6 heteroatoms. The highest BCUT2D eigenvalue weighted by atomic mass is 16.6. The first-order valence-corrected chi connectivity index (χ1v) is 7.37. The van der Waals surface area contributed by atoms with E-state index in [0.29, 0.717) is 0 Å². The summed E-state index contributed by atoms with van der Waals surface area (Å²) in [7, 11) is 0. The van der Waals surface area contributed by atoms with Gasteiger partial charge in [0, 0.05) is 5.56 Å². The monoisotopic (exact) mass is 326 g/mol. The number of carbonyl (C=O) groups is 3. The van der Waals surface area contributed by atoms with Gasteiger partial charge in [0.05, 0.1) is 0 Å². The number of aromatic nitrogens is 1. The summed E-state index contributed by atoms with van der Waals surface area (Å²) in [6.45, 7) is 5.20. The molecule has 0 spiro atoms. The second-order valence-electron chi connectivity index (χ2n) is 6.06. The van der Waals surface area contributed by atoms with Crippen LogP contribution >= 0.6 is 0 Å². The minimum atomic E-state index is -0.742. The predicted octanol–water partition coefficient (Wildman–Crippen LogP) is 3.49. The quantitative estimate of drug-likeness (QED) is 0.686. The van der Waals surface area contributed by atoms with E-state index in [4.69, 9.17) is 4.74 Å². The third kappa shape index (κ3) is 4.74. The molecule has 1 heterocycles. The van der Waals surface area contributed by atoms with Gasteiger partial charge in [0.15, 0.2) is 0 Å². The Morgan fingerprint density at radius 2 is 1.58 bits per heavy atom. The maximum atomic E-state index is 12.3. The van der Waals surface area contributed by atoms with Gasteiger partial charge in [-0.2, -0.15) is 0 Å². The van der Waals surface area contributed by atoms with Crippen molar-refractivity contribution in [3.8, 4) is 0 Å². The van der Waals surface area contributed by atoms with Crippen molar-refractivity contribution in [1.29, 1.82) is 0 Å². The first kappa shape index (κ1) is 17.3. The van der Waals surface area contributed by atoms with Gasteiger partial charge in [0.25, 0.3) is 5.78 Å². The molecular weight excluding hydrogens is 308 g/mol. The highest BCUT2D eigenvalue weighted by molar-refractivity contribution is 6.48. The van der Waals surface area contributed by atoms with Crippen LogP contribution in [-0.2, 0) is 4.74 Å². The van der Waals surface area contributed by atoms with E-state index in [1.54, 1.807) is 51.1 Å². The molecule has 2 rings (SSSR count). The molecule has 2 aromatic rings. The van der Waals surface area contributed by atoms with E-state index in [0.717, 1.165) is 0 Å². The first-order valence-electron chi connectivity index (χ1n) is 7.37. The van der Waals surface area contributed by atoms with Crippen LogP contribution in [0.4, 0.5) is 10.6 Å². The normalized spacial score (nSPS) is 10.8. The van der Waals surface area contributed by atoms with Crippen molar-refractivity contribution in [1.82, 2.24) is 4.98 Å². The summed E-state index contributed by atoms with van der Waals surface area (Å²) < 4.78 is 5.12. The number of hydrogen-bond acceptors (Lipinski definition) is 5. The fourth-order valence-electron chi connectivity index (χ4n) is 1.88. The van der Waals surface area contributed by atoms with Gasteiger partial charge < -0.3 is 4.74 Å². The Morgan fingerprint density at radius 3 is 2.21 bits per heavy atom. The Bertz CT molecular complexity index is 764. The molecule has 24 heavy (non-hydrogen) atoms. The Morgan fingerprint density at radius 1 is 0.917 bits per heavy atom. The fraction of sp³-hybridized carbons (Fsp3) is 0.222. The van der Waals surface area contributed by atoms with Crippen LogP contribution < -0.4 is 5.32 Å². The van der Waals surface area contributed by atoms with Crippen molar-refractivity contribution in [2.45, 2.75) is 26.4 Å².